The number of benzene rings is 1. The number of nitrogens with zero attached hydrogens (tertiary/aromatic N) is 1. The molecular weight excluding hydrogens is 268 g/mol. The van der Waals surface area contributed by atoms with Gasteiger partial charge in [-0.3, -0.25) is 4.79 Å². The van der Waals surface area contributed by atoms with Crippen LogP contribution in [0.15, 0.2) is 24.3 Å². The van der Waals surface area contributed by atoms with E-state index in [9.17, 15) is 9.59 Å². The second-order valence-corrected chi connectivity index (χ2v) is 5.89. The van der Waals surface area contributed by atoms with Gasteiger partial charge in [0, 0.05) is 12.0 Å². The number of amides is 1. The van der Waals surface area contributed by atoms with Crippen molar-refractivity contribution in [3.05, 3.63) is 35.4 Å². The smallest absolute Gasteiger partial charge is 0.326 e. The average molecular weight is 288 g/mol. The Balaban J connectivity index is 2.79. The Kier molecular flexibility index (Phi) is 5.48. The molecule has 5 heteroatoms. The summed E-state index contributed by atoms with van der Waals surface area (Å²) in [5.74, 6) is -1.58. The molecule has 2 N–H and O–H groups in total. The van der Waals surface area contributed by atoms with Gasteiger partial charge in [0.05, 0.1) is 6.07 Å². The molecule has 0 spiro atoms. The van der Waals surface area contributed by atoms with Crippen molar-refractivity contribution in [1.29, 1.82) is 5.26 Å². The van der Waals surface area contributed by atoms with Gasteiger partial charge in [-0.2, -0.15) is 5.26 Å². The number of rotatable bonds is 5. The molecule has 0 bridgehead atoms. The third-order valence-corrected chi connectivity index (χ3v) is 3.16. The van der Waals surface area contributed by atoms with Gasteiger partial charge in [0.1, 0.15) is 6.04 Å². The summed E-state index contributed by atoms with van der Waals surface area (Å²) in [7, 11) is 0. The van der Waals surface area contributed by atoms with Crippen LogP contribution < -0.4 is 5.32 Å². The Morgan fingerprint density at radius 3 is 2.29 bits per heavy atom. The fourth-order valence-electron chi connectivity index (χ4n) is 1.83. The van der Waals surface area contributed by atoms with Crippen LogP contribution in [0, 0.1) is 11.3 Å². The minimum Gasteiger partial charge on any atom is -0.480 e. The van der Waals surface area contributed by atoms with E-state index in [1.165, 1.54) is 0 Å². The van der Waals surface area contributed by atoms with Gasteiger partial charge < -0.3 is 10.4 Å². The number of aliphatic carboxylic acids is 1. The van der Waals surface area contributed by atoms with Crippen LogP contribution in [0.25, 0.3) is 0 Å². The largest absolute Gasteiger partial charge is 0.480 e. The minimum atomic E-state index is -1.13. The average Bonchev–Trinajstić information content (AvgIpc) is 2.42. The van der Waals surface area contributed by atoms with Crippen molar-refractivity contribution >= 4 is 11.9 Å². The maximum Gasteiger partial charge on any atom is 0.326 e. The highest BCUT2D eigenvalue weighted by atomic mass is 16.4. The number of carboxylic acid groups (broad SMARTS) is 1. The van der Waals surface area contributed by atoms with Crippen molar-refractivity contribution < 1.29 is 14.7 Å². The zero-order chi connectivity index (χ0) is 16.0. The molecule has 0 radical (unpaired) electrons. The minimum absolute atomic E-state index is 0.00853. The van der Waals surface area contributed by atoms with Crippen molar-refractivity contribution in [1.82, 2.24) is 5.32 Å². The van der Waals surface area contributed by atoms with Crippen LogP contribution in [0.3, 0.4) is 0 Å². The molecule has 0 saturated carbocycles. The molecule has 0 saturated heterocycles. The number of carbonyl (C=O) groups excluding carboxylic acids is 1. The summed E-state index contributed by atoms with van der Waals surface area (Å²) in [6.45, 7) is 6.22. The van der Waals surface area contributed by atoms with Crippen molar-refractivity contribution in [2.75, 3.05) is 0 Å². The van der Waals surface area contributed by atoms with E-state index in [1.807, 2.05) is 18.2 Å². The predicted molar refractivity (Wildman–Crippen MR) is 78.9 cm³/mol. The van der Waals surface area contributed by atoms with Crippen molar-refractivity contribution in [2.45, 2.75) is 45.1 Å². The van der Waals surface area contributed by atoms with Gasteiger partial charge >= 0.3 is 5.97 Å². The number of hydrogen-bond acceptors (Lipinski definition) is 3. The molecule has 0 fully saturated rings. The molecule has 1 amide bonds. The van der Waals surface area contributed by atoms with E-state index >= 15 is 0 Å². The summed E-state index contributed by atoms with van der Waals surface area (Å²) < 4.78 is 0. The van der Waals surface area contributed by atoms with Crippen molar-refractivity contribution in [3.63, 3.8) is 0 Å². The highest BCUT2D eigenvalue weighted by Gasteiger charge is 2.20. The van der Waals surface area contributed by atoms with E-state index in [4.69, 9.17) is 10.4 Å². The fraction of sp³-hybridized carbons (Fsp3) is 0.438. The third-order valence-electron chi connectivity index (χ3n) is 3.16. The summed E-state index contributed by atoms with van der Waals surface area (Å²) in [4.78, 5) is 23.1. The Hall–Kier alpha value is -2.35. The molecular formula is C16H20N2O3. The maximum atomic E-state index is 12.0. The predicted octanol–water partition coefficient (Wildman–Crippen LogP) is 2.47. The standard InChI is InChI=1S/C16H20N2O3/c1-16(2,3)12-8-6-11(7-9-12)14(19)18-13(15(20)21)5-4-10-17/h6-9,13H,4-5H2,1-3H3,(H,18,19)(H,20,21)/t13-/m1/s1. The number of hydrogen-bond donors (Lipinski definition) is 2. The lowest BCUT2D eigenvalue weighted by Crippen LogP contribution is -2.40. The van der Waals surface area contributed by atoms with E-state index in [2.05, 4.69) is 26.1 Å². The number of nitrogens with one attached hydrogen (secondary N) is 1. The number of carbonyl (C=O) groups is 2. The molecule has 112 valence electrons. The molecule has 0 aliphatic rings. The first kappa shape index (κ1) is 16.7. The summed E-state index contributed by atoms with van der Waals surface area (Å²) in [6.07, 6.45) is 0.178. The van der Waals surface area contributed by atoms with E-state index in [0.717, 1.165) is 5.56 Å². The normalized spacial score (nSPS) is 12.3. The topological polar surface area (TPSA) is 90.2 Å². The van der Waals surface area contributed by atoms with Crippen LogP contribution in [0.4, 0.5) is 0 Å². The van der Waals surface area contributed by atoms with Crippen LogP contribution >= 0.6 is 0 Å². The van der Waals surface area contributed by atoms with Crippen LogP contribution in [0.2, 0.25) is 0 Å². The van der Waals surface area contributed by atoms with Crippen LogP contribution in [0.1, 0.15) is 49.5 Å². The Labute approximate surface area is 124 Å². The van der Waals surface area contributed by atoms with E-state index in [-0.39, 0.29) is 18.3 Å². The summed E-state index contributed by atoms with van der Waals surface area (Å²) >= 11 is 0. The zero-order valence-corrected chi connectivity index (χ0v) is 12.5. The maximum absolute atomic E-state index is 12.0. The Bertz CT molecular complexity index is 550. The highest BCUT2D eigenvalue weighted by molar-refractivity contribution is 5.96. The van der Waals surface area contributed by atoms with E-state index < -0.39 is 17.9 Å². The first-order chi connectivity index (χ1) is 9.75. The van der Waals surface area contributed by atoms with Gasteiger partial charge in [0.25, 0.3) is 5.91 Å². The van der Waals surface area contributed by atoms with Crippen LogP contribution in [-0.4, -0.2) is 23.0 Å². The lowest BCUT2D eigenvalue weighted by atomic mass is 9.86. The second-order valence-electron chi connectivity index (χ2n) is 5.89. The van der Waals surface area contributed by atoms with Gasteiger partial charge in [-0.05, 0) is 29.5 Å². The van der Waals surface area contributed by atoms with Crippen molar-refractivity contribution in [3.8, 4) is 6.07 Å². The first-order valence-corrected chi connectivity index (χ1v) is 6.77. The van der Waals surface area contributed by atoms with Crippen molar-refractivity contribution in [2.24, 2.45) is 0 Å². The van der Waals surface area contributed by atoms with Gasteiger partial charge in [-0.1, -0.05) is 32.9 Å². The zero-order valence-electron chi connectivity index (χ0n) is 12.5. The SMILES string of the molecule is CC(C)(C)c1ccc(C(=O)N[C@H](CCC#N)C(=O)O)cc1. The first-order valence-electron chi connectivity index (χ1n) is 6.77. The molecule has 0 unspecified atom stereocenters. The second kappa shape index (κ2) is 6.89. The number of carboxylic acids is 1. The molecule has 1 aromatic rings. The molecule has 5 nitrogen and oxygen atoms in total. The molecule has 0 aliphatic carbocycles. The quantitative estimate of drug-likeness (QED) is 0.870. The highest BCUT2D eigenvalue weighted by Crippen LogP contribution is 2.22. The summed E-state index contributed by atoms with van der Waals surface area (Å²) in [5.41, 5.74) is 1.50. The third kappa shape index (κ3) is 4.92. The lowest BCUT2D eigenvalue weighted by Gasteiger charge is -2.19. The molecule has 0 heterocycles. The summed E-state index contributed by atoms with van der Waals surface area (Å²) in [5, 5.41) is 20.0. The molecule has 1 rings (SSSR count). The van der Waals surface area contributed by atoms with Crippen LogP contribution in [-0.2, 0) is 10.2 Å². The van der Waals surface area contributed by atoms with Gasteiger partial charge in [-0.15, -0.1) is 0 Å². The lowest BCUT2D eigenvalue weighted by molar-refractivity contribution is -0.139. The summed E-state index contributed by atoms with van der Waals surface area (Å²) in [6, 6.07) is 7.91. The number of nitriles is 1. The Morgan fingerprint density at radius 2 is 1.86 bits per heavy atom. The fourth-order valence-corrected chi connectivity index (χ4v) is 1.83. The van der Waals surface area contributed by atoms with E-state index in [0.29, 0.717) is 5.56 Å². The van der Waals surface area contributed by atoms with Gasteiger partial charge in [0.2, 0.25) is 0 Å². The molecule has 1 aromatic carbocycles. The molecule has 0 aromatic heterocycles. The Morgan fingerprint density at radius 1 is 1.29 bits per heavy atom. The van der Waals surface area contributed by atoms with E-state index in [1.54, 1.807) is 12.1 Å². The molecule has 21 heavy (non-hydrogen) atoms. The van der Waals surface area contributed by atoms with Gasteiger partial charge in [-0.25, -0.2) is 4.79 Å². The van der Waals surface area contributed by atoms with Crippen LogP contribution in [0.5, 0.6) is 0 Å². The molecule has 1 atom stereocenters. The van der Waals surface area contributed by atoms with Gasteiger partial charge in [0.15, 0.2) is 0 Å². The monoisotopic (exact) mass is 288 g/mol. The molecule has 0 aliphatic heterocycles.